The first-order valence-corrected chi connectivity index (χ1v) is 4.04. The fraction of sp³-hybridized carbons (Fsp3) is 0.400. The summed E-state index contributed by atoms with van der Waals surface area (Å²) in [5, 5.41) is 20.9. The summed E-state index contributed by atoms with van der Waals surface area (Å²) in [6.45, 7) is 1.61. The molecule has 0 unspecified atom stereocenters. The molecular formula is C5H9BN2O2S. The van der Waals surface area contributed by atoms with Gasteiger partial charge in [-0.1, -0.05) is 0 Å². The van der Waals surface area contributed by atoms with Crippen LogP contribution in [0.4, 0.5) is 5.13 Å². The molecule has 0 atom stereocenters. The maximum Gasteiger partial charge on any atom is 0.408 e. The van der Waals surface area contributed by atoms with Gasteiger partial charge in [-0.25, -0.2) is 4.98 Å². The van der Waals surface area contributed by atoms with Gasteiger partial charge in [-0.3, -0.25) is 0 Å². The zero-order valence-corrected chi connectivity index (χ0v) is 6.93. The minimum Gasteiger partial charge on any atom is -0.433 e. The Morgan fingerprint density at radius 2 is 2.55 bits per heavy atom. The van der Waals surface area contributed by atoms with Crippen molar-refractivity contribution in [3.63, 3.8) is 0 Å². The zero-order chi connectivity index (χ0) is 8.27. The minimum absolute atomic E-state index is 0.000837. The molecule has 11 heavy (non-hydrogen) atoms. The number of hydrogen-bond acceptors (Lipinski definition) is 5. The number of aromatic nitrogens is 1. The molecule has 0 saturated heterocycles. The average Bonchev–Trinajstić information content (AvgIpc) is 2.34. The molecule has 1 rings (SSSR count). The highest BCUT2D eigenvalue weighted by molar-refractivity contribution is 7.16. The molecular weight excluding hydrogens is 163 g/mol. The van der Waals surface area contributed by atoms with Crippen LogP contribution in [0.5, 0.6) is 0 Å². The Bertz CT molecular complexity index is 228. The van der Waals surface area contributed by atoms with Crippen LogP contribution in [0, 0.1) is 0 Å². The van der Waals surface area contributed by atoms with E-state index >= 15 is 0 Å². The van der Waals surface area contributed by atoms with Crippen molar-refractivity contribution in [2.45, 2.75) is 13.4 Å². The Balaban J connectivity index is 2.58. The first-order chi connectivity index (χ1) is 5.22. The zero-order valence-electron chi connectivity index (χ0n) is 6.11. The van der Waals surface area contributed by atoms with E-state index in [0.29, 0.717) is 5.13 Å². The first-order valence-electron chi connectivity index (χ1n) is 3.22. The summed E-state index contributed by atoms with van der Waals surface area (Å²) in [5.41, 5.74) is 0. The van der Waals surface area contributed by atoms with Crippen LogP contribution in [0.3, 0.4) is 0 Å². The van der Waals surface area contributed by atoms with Crippen molar-refractivity contribution in [2.24, 2.45) is 0 Å². The van der Waals surface area contributed by atoms with E-state index < -0.39 is 7.05 Å². The second-order valence-electron chi connectivity index (χ2n) is 2.11. The number of nitrogens with one attached hydrogen (secondary N) is 1. The lowest BCUT2D eigenvalue weighted by Crippen LogP contribution is -2.18. The average molecular weight is 172 g/mol. The number of hydrogen-bond donors (Lipinski definition) is 3. The SMILES string of the molecule is CB(O)Nc1ncc(CO)s1. The van der Waals surface area contributed by atoms with Crippen molar-refractivity contribution in [3.05, 3.63) is 11.1 Å². The van der Waals surface area contributed by atoms with Crippen LogP contribution in [-0.2, 0) is 6.61 Å². The van der Waals surface area contributed by atoms with Gasteiger partial charge in [0.15, 0.2) is 5.13 Å². The smallest absolute Gasteiger partial charge is 0.408 e. The highest BCUT2D eigenvalue weighted by Gasteiger charge is 2.05. The lowest BCUT2D eigenvalue weighted by molar-refractivity contribution is 0.285. The molecule has 0 aliphatic heterocycles. The van der Waals surface area contributed by atoms with E-state index in [4.69, 9.17) is 10.1 Å². The molecule has 1 aromatic rings. The molecule has 60 valence electrons. The van der Waals surface area contributed by atoms with E-state index in [-0.39, 0.29) is 6.61 Å². The van der Waals surface area contributed by atoms with Gasteiger partial charge in [-0.05, 0) is 6.82 Å². The van der Waals surface area contributed by atoms with Crippen molar-refractivity contribution in [3.8, 4) is 0 Å². The van der Waals surface area contributed by atoms with Gasteiger partial charge in [-0.2, -0.15) is 0 Å². The lowest BCUT2D eigenvalue weighted by atomic mass is 9.90. The maximum atomic E-state index is 8.88. The third kappa shape index (κ3) is 2.49. The van der Waals surface area contributed by atoms with E-state index in [1.807, 2.05) is 0 Å². The minimum atomic E-state index is -0.604. The molecule has 3 N–H and O–H groups in total. The van der Waals surface area contributed by atoms with Crippen LogP contribution in [0.25, 0.3) is 0 Å². The van der Waals surface area contributed by atoms with Gasteiger partial charge in [0.2, 0.25) is 0 Å². The molecule has 1 aromatic heterocycles. The molecule has 0 amide bonds. The number of anilines is 1. The summed E-state index contributed by atoms with van der Waals surface area (Å²) in [6.07, 6.45) is 1.58. The van der Waals surface area contributed by atoms with E-state index in [2.05, 4.69) is 10.2 Å². The highest BCUT2D eigenvalue weighted by atomic mass is 32.1. The fourth-order valence-corrected chi connectivity index (χ4v) is 1.38. The summed E-state index contributed by atoms with van der Waals surface area (Å²) in [6, 6.07) is 0. The van der Waals surface area contributed by atoms with Gasteiger partial charge in [0, 0.05) is 6.20 Å². The van der Waals surface area contributed by atoms with E-state index in [1.54, 1.807) is 13.0 Å². The normalized spacial score (nSPS) is 9.73. The third-order valence-electron chi connectivity index (χ3n) is 1.04. The Hall–Kier alpha value is -0.585. The van der Waals surface area contributed by atoms with Crippen molar-refractivity contribution in [1.29, 1.82) is 0 Å². The lowest BCUT2D eigenvalue weighted by Gasteiger charge is -1.98. The molecule has 0 fully saturated rings. The summed E-state index contributed by atoms with van der Waals surface area (Å²) in [4.78, 5) is 4.70. The van der Waals surface area contributed by atoms with Crippen LogP contribution in [0.1, 0.15) is 4.88 Å². The highest BCUT2D eigenvalue weighted by Crippen LogP contribution is 2.17. The second kappa shape index (κ2) is 3.70. The summed E-state index contributed by atoms with van der Waals surface area (Å²) < 4.78 is 0. The third-order valence-corrected chi connectivity index (χ3v) is 1.96. The molecule has 4 nitrogen and oxygen atoms in total. The van der Waals surface area contributed by atoms with Gasteiger partial charge >= 0.3 is 7.05 Å². The van der Waals surface area contributed by atoms with Crippen molar-refractivity contribution < 1.29 is 10.1 Å². The summed E-state index contributed by atoms with van der Waals surface area (Å²) in [5.74, 6) is 0. The topological polar surface area (TPSA) is 65.4 Å². The van der Waals surface area contributed by atoms with Crippen LogP contribution in [-0.4, -0.2) is 22.2 Å². The summed E-state index contributed by atoms with van der Waals surface area (Å²) in [7, 11) is -0.604. The largest absolute Gasteiger partial charge is 0.433 e. The molecule has 0 spiro atoms. The Kier molecular flexibility index (Phi) is 2.87. The van der Waals surface area contributed by atoms with Crippen molar-refractivity contribution >= 4 is 23.5 Å². The Labute approximate surface area is 69.0 Å². The van der Waals surface area contributed by atoms with Gasteiger partial charge in [0.25, 0.3) is 0 Å². The Morgan fingerprint density at radius 3 is 3.00 bits per heavy atom. The standard InChI is InChI=1S/C5H9BN2O2S/c1-6(10)8-5-7-2-4(3-9)11-5/h2,9-10H,3H2,1H3,(H,7,8). The monoisotopic (exact) mass is 172 g/mol. The fourth-order valence-electron chi connectivity index (χ4n) is 0.626. The van der Waals surface area contributed by atoms with Crippen molar-refractivity contribution in [1.82, 2.24) is 4.98 Å². The van der Waals surface area contributed by atoms with Gasteiger partial charge in [0.05, 0.1) is 11.5 Å². The second-order valence-corrected chi connectivity index (χ2v) is 3.23. The molecule has 0 aromatic carbocycles. The quantitative estimate of drug-likeness (QED) is 0.568. The summed E-state index contributed by atoms with van der Waals surface area (Å²) >= 11 is 1.33. The van der Waals surface area contributed by atoms with E-state index in [9.17, 15) is 0 Å². The van der Waals surface area contributed by atoms with Crippen molar-refractivity contribution in [2.75, 3.05) is 5.23 Å². The molecule has 6 heteroatoms. The van der Waals surface area contributed by atoms with Crippen LogP contribution >= 0.6 is 11.3 Å². The Morgan fingerprint density at radius 1 is 1.82 bits per heavy atom. The van der Waals surface area contributed by atoms with Crippen LogP contribution < -0.4 is 5.23 Å². The van der Waals surface area contributed by atoms with E-state index in [0.717, 1.165) is 4.88 Å². The molecule has 0 radical (unpaired) electrons. The van der Waals surface area contributed by atoms with Gasteiger partial charge in [0.1, 0.15) is 0 Å². The molecule has 0 bridgehead atoms. The predicted octanol–water partition coefficient (Wildman–Crippen LogP) is 0.158. The van der Waals surface area contributed by atoms with Crippen LogP contribution in [0.15, 0.2) is 6.20 Å². The van der Waals surface area contributed by atoms with Gasteiger partial charge < -0.3 is 15.4 Å². The first kappa shape index (κ1) is 8.51. The predicted molar refractivity (Wildman–Crippen MR) is 45.5 cm³/mol. The number of nitrogens with zero attached hydrogens (tertiary/aromatic N) is 1. The molecule has 0 aliphatic carbocycles. The number of rotatable bonds is 3. The van der Waals surface area contributed by atoms with E-state index in [1.165, 1.54) is 11.3 Å². The molecule has 1 heterocycles. The van der Waals surface area contributed by atoms with Crippen LogP contribution in [0.2, 0.25) is 6.82 Å². The van der Waals surface area contributed by atoms with Gasteiger partial charge in [-0.15, -0.1) is 11.3 Å². The number of aliphatic hydroxyl groups excluding tert-OH is 1. The number of thiazole rings is 1. The molecule has 0 aliphatic rings. The number of aliphatic hydroxyl groups is 1. The molecule has 0 saturated carbocycles. The maximum absolute atomic E-state index is 8.88.